The van der Waals surface area contributed by atoms with E-state index in [2.05, 4.69) is 53.7 Å². The molecule has 1 nitrogen and oxygen atoms in total. The van der Waals surface area contributed by atoms with Gasteiger partial charge >= 0.3 is 0 Å². The van der Waals surface area contributed by atoms with Crippen molar-refractivity contribution in [1.82, 2.24) is 4.57 Å². The van der Waals surface area contributed by atoms with Crippen LogP contribution in [0.5, 0.6) is 0 Å². The molecular formula is C13H17NS. The molecule has 0 aliphatic carbocycles. The molecule has 0 spiro atoms. The van der Waals surface area contributed by atoms with Gasteiger partial charge in [-0.1, -0.05) is 24.6 Å². The van der Waals surface area contributed by atoms with Crippen LogP contribution in [0.25, 0.3) is 10.9 Å². The van der Waals surface area contributed by atoms with Crippen LogP contribution in [0.3, 0.4) is 0 Å². The number of thiol groups is 1. The summed E-state index contributed by atoms with van der Waals surface area (Å²) in [7, 11) is 0. The highest BCUT2D eigenvalue weighted by Crippen LogP contribution is 2.15. The topological polar surface area (TPSA) is 4.93 Å². The second-order valence-corrected chi connectivity index (χ2v) is 4.30. The van der Waals surface area contributed by atoms with E-state index in [1.165, 1.54) is 30.2 Å². The number of benzene rings is 1. The fraction of sp³-hybridized carbons (Fsp3) is 0.385. The predicted molar refractivity (Wildman–Crippen MR) is 69.6 cm³/mol. The van der Waals surface area contributed by atoms with Crippen molar-refractivity contribution in [1.29, 1.82) is 0 Å². The van der Waals surface area contributed by atoms with Crippen LogP contribution in [0.15, 0.2) is 36.5 Å². The Labute approximate surface area is 96.5 Å². The number of aryl methyl sites for hydroxylation is 1. The fourth-order valence-corrected chi connectivity index (χ4v) is 2.13. The lowest BCUT2D eigenvalue weighted by Crippen LogP contribution is -1.95. The summed E-state index contributed by atoms with van der Waals surface area (Å²) in [5, 5.41) is 1.34. The molecule has 0 amide bonds. The maximum atomic E-state index is 4.22. The van der Waals surface area contributed by atoms with Gasteiger partial charge in [-0.2, -0.15) is 12.6 Å². The number of unbranched alkanes of at least 4 members (excludes halogenated alkanes) is 2. The number of hydrogen-bond donors (Lipinski definition) is 1. The molecule has 0 aliphatic heterocycles. The Bertz CT molecular complexity index is 419. The molecule has 0 bridgehead atoms. The van der Waals surface area contributed by atoms with Crippen LogP contribution in [-0.4, -0.2) is 10.3 Å². The second kappa shape index (κ2) is 5.26. The molecular weight excluding hydrogens is 202 g/mol. The number of nitrogens with zero attached hydrogens (tertiary/aromatic N) is 1. The average Bonchev–Trinajstić information content (AvgIpc) is 2.68. The van der Waals surface area contributed by atoms with Crippen molar-refractivity contribution in [3.63, 3.8) is 0 Å². The first-order valence-electron chi connectivity index (χ1n) is 5.56. The molecule has 0 saturated carbocycles. The van der Waals surface area contributed by atoms with E-state index in [1.54, 1.807) is 0 Å². The summed E-state index contributed by atoms with van der Waals surface area (Å²) < 4.78 is 2.34. The Kier molecular flexibility index (Phi) is 3.73. The number of aromatic nitrogens is 1. The molecule has 15 heavy (non-hydrogen) atoms. The highest BCUT2D eigenvalue weighted by molar-refractivity contribution is 7.80. The Hall–Kier alpha value is -0.890. The lowest BCUT2D eigenvalue weighted by atomic mass is 10.2. The van der Waals surface area contributed by atoms with Crippen LogP contribution in [0.2, 0.25) is 0 Å². The van der Waals surface area contributed by atoms with Gasteiger partial charge in [0.25, 0.3) is 0 Å². The lowest BCUT2D eigenvalue weighted by molar-refractivity contribution is 0.619. The molecule has 1 aromatic carbocycles. The summed E-state index contributed by atoms with van der Waals surface area (Å²) in [6.45, 7) is 1.13. The zero-order chi connectivity index (χ0) is 10.5. The number of fused-ring (bicyclic) bond motifs is 1. The van der Waals surface area contributed by atoms with E-state index >= 15 is 0 Å². The highest BCUT2D eigenvalue weighted by Gasteiger charge is 1.98. The summed E-state index contributed by atoms with van der Waals surface area (Å²) in [5.41, 5.74) is 1.35. The standard InChI is InChI=1S/C13H17NS/c15-11-5-1-4-9-14-10-8-12-6-2-3-7-13(12)14/h2-3,6-8,10,15H,1,4-5,9,11H2. The van der Waals surface area contributed by atoms with Gasteiger partial charge in [-0.25, -0.2) is 0 Å². The first kappa shape index (κ1) is 10.6. The van der Waals surface area contributed by atoms with Crippen LogP contribution in [0, 0.1) is 0 Å². The first-order valence-corrected chi connectivity index (χ1v) is 6.20. The fourth-order valence-electron chi connectivity index (χ4n) is 1.91. The van der Waals surface area contributed by atoms with Gasteiger partial charge in [0.05, 0.1) is 0 Å². The molecule has 80 valence electrons. The maximum absolute atomic E-state index is 4.22. The third-order valence-corrected chi connectivity index (χ3v) is 3.05. The monoisotopic (exact) mass is 219 g/mol. The summed E-state index contributed by atoms with van der Waals surface area (Å²) >= 11 is 4.22. The zero-order valence-electron chi connectivity index (χ0n) is 8.89. The van der Waals surface area contributed by atoms with Crippen molar-refractivity contribution < 1.29 is 0 Å². The minimum absolute atomic E-state index is 1.01. The van der Waals surface area contributed by atoms with Crippen LogP contribution in [0.1, 0.15) is 19.3 Å². The zero-order valence-corrected chi connectivity index (χ0v) is 9.79. The second-order valence-electron chi connectivity index (χ2n) is 3.85. The van der Waals surface area contributed by atoms with Gasteiger partial charge < -0.3 is 4.57 Å². The Balaban J connectivity index is 2.02. The molecule has 1 heterocycles. The van der Waals surface area contributed by atoms with Crippen LogP contribution in [-0.2, 0) is 6.54 Å². The van der Waals surface area contributed by atoms with E-state index in [-0.39, 0.29) is 0 Å². The summed E-state index contributed by atoms with van der Waals surface area (Å²) in [6, 6.07) is 10.7. The first-order chi connectivity index (χ1) is 7.42. The number of para-hydroxylation sites is 1. The Morgan fingerprint density at radius 3 is 2.73 bits per heavy atom. The van der Waals surface area contributed by atoms with Gasteiger partial charge in [-0.05, 0) is 36.1 Å². The van der Waals surface area contributed by atoms with E-state index in [1.807, 2.05) is 0 Å². The Morgan fingerprint density at radius 2 is 1.87 bits per heavy atom. The predicted octanol–water partition coefficient (Wildman–Crippen LogP) is 3.74. The van der Waals surface area contributed by atoms with Crippen molar-refractivity contribution in [2.24, 2.45) is 0 Å². The van der Waals surface area contributed by atoms with Gasteiger partial charge in [0.15, 0.2) is 0 Å². The van der Waals surface area contributed by atoms with Crippen molar-refractivity contribution in [3.05, 3.63) is 36.5 Å². The van der Waals surface area contributed by atoms with Crippen molar-refractivity contribution in [2.75, 3.05) is 5.75 Å². The molecule has 0 saturated heterocycles. The normalized spacial score (nSPS) is 11.0. The molecule has 0 atom stereocenters. The van der Waals surface area contributed by atoms with E-state index in [9.17, 15) is 0 Å². The largest absolute Gasteiger partial charge is 0.347 e. The van der Waals surface area contributed by atoms with Crippen LogP contribution in [0.4, 0.5) is 0 Å². The van der Waals surface area contributed by atoms with Gasteiger partial charge in [0, 0.05) is 18.3 Å². The van der Waals surface area contributed by atoms with Crippen LogP contribution >= 0.6 is 12.6 Å². The Morgan fingerprint density at radius 1 is 1.00 bits per heavy atom. The third-order valence-electron chi connectivity index (χ3n) is 2.74. The van der Waals surface area contributed by atoms with Gasteiger partial charge in [-0.15, -0.1) is 0 Å². The van der Waals surface area contributed by atoms with Crippen molar-refractivity contribution >= 4 is 23.5 Å². The molecule has 0 aliphatic rings. The molecule has 0 fully saturated rings. The molecule has 2 heteroatoms. The highest BCUT2D eigenvalue weighted by atomic mass is 32.1. The minimum atomic E-state index is 1.01. The van der Waals surface area contributed by atoms with E-state index < -0.39 is 0 Å². The van der Waals surface area contributed by atoms with Crippen LogP contribution < -0.4 is 0 Å². The quantitative estimate of drug-likeness (QED) is 0.577. The third kappa shape index (κ3) is 2.57. The van der Waals surface area contributed by atoms with E-state index in [0.29, 0.717) is 0 Å². The molecule has 2 aromatic rings. The molecule has 0 radical (unpaired) electrons. The van der Waals surface area contributed by atoms with E-state index in [4.69, 9.17) is 0 Å². The van der Waals surface area contributed by atoms with Gasteiger partial charge in [0.2, 0.25) is 0 Å². The molecule has 2 rings (SSSR count). The maximum Gasteiger partial charge on any atom is 0.0480 e. The minimum Gasteiger partial charge on any atom is -0.347 e. The van der Waals surface area contributed by atoms with E-state index in [0.717, 1.165) is 12.3 Å². The summed E-state index contributed by atoms with van der Waals surface area (Å²) in [4.78, 5) is 0. The van der Waals surface area contributed by atoms with Gasteiger partial charge in [-0.3, -0.25) is 0 Å². The number of hydrogen-bond acceptors (Lipinski definition) is 1. The summed E-state index contributed by atoms with van der Waals surface area (Å²) in [6.07, 6.45) is 5.93. The SMILES string of the molecule is SCCCCCn1ccc2ccccc21. The van der Waals surface area contributed by atoms with Crippen molar-refractivity contribution in [2.45, 2.75) is 25.8 Å². The smallest absolute Gasteiger partial charge is 0.0480 e. The van der Waals surface area contributed by atoms with Crippen molar-refractivity contribution in [3.8, 4) is 0 Å². The summed E-state index contributed by atoms with van der Waals surface area (Å²) in [5.74, 6) is 1.01. The molecule has 1 aromatic heterocycles. The molecule has 0 N–H and O–H groups in total. The van der Waals surface area contributed by atoms with Gasteiger partial charge in [0.1, 0.15) is 0 Å². The lowest BCUT2D eigenvalue weighted by Gasteiger charge is -2.04. The molecule has 0 unspecified atom stereocenters. The average molecular weight is 219 g/mol. The number of rotatable bonds is 5.